The summed E-state index contributed by atoms with van der Waals surface area (Å²) in [5, 5.41) is 10.3. The van der Waals surface area contributed by atoms with E-state index in [2.05, 4.69) is 14.7 Å². The van der Waals surface area contributed by atoms with Gasteiger partial charge in [0.25, 0.3) is 0 Å². The van der Waals surface area contributed by atoms with Crippen LogP contribution < -0.4 is 0 Å². The molecule has 10 heavy (non-hydrogen) atoms. The van der Waals surface area contributed by atoms with Crippen LogP contribution >= 0.6 is 0 Å². The molecule has 0 bridgehead atoms. The van der Waals surface area contributed by atoms with Crippen LogP contribution in [0.1, 0.15) is 10.5 Å². The number of nitrogens with one attached hydrogen (secondary N) is 1. The summed E-state index contributed by atoms with van der Waals surface area (Å²) in [6.45, 7) is 0. The van der Waals surface area contributed by atoms with Gasteiger partial charge in [0.1, 0.15) is 0 Å². The molecule has 0 atom stereocenters. The van der Waals surface area contributed by atoms with Crippen molar-refractivity contribution in [1.29, 1.82) is 0 Å². The Morgan fingerprint density at radius 3 is 2.90 bits per heavy atom. The zero-order valence-corrected chi connectivity index (χ0v) is 5.25. The lowest BCUT2D eigenvalue weighted by molar-refractivity contribution is 0.0593. The molecule has 0 saturated carbocycles. The summed E-state index contributed by atoms with van der Waals surface area (Å²) in [5.41, 5.74) is 0.00694. The molecule has 5 heteroatoms. The quantitative estimate of drug-likeness (QED) is 0.573. The number of esters is 1. The molecule has 0 aliphatic carbocycles. The van der Waals surface area contributed by atoms with Crippen molar-refractivity contribution in [3.63, 3.8) is 0 Å². The number of hydrogen-bond acceptors (Lipinski definition) is 3. The fraction of sp³-hybridized carbons (Fsp3) is 0.200. The van der Waals surface area contributed by atoms with Gasteiger partial charge in [-0.1, -0.05) is 0 Å². The molecule has 0 aliphatic heterocycles. The summed E-state index contributed by atoms with van der Waals surface area (Å²) in [5.74, 6) is -0.613. The van der Waals surface area contributed by atoms with Crippen LogP contribution in [0.3, 0.4) is 0 Å². The third-order valence-corrected chi connectivity index (χ3v) is 0.949. The standard InChI is InChI=1S/C5H5N2O3/c1-10-4(8)3-2-6-5(9)7-3/h2H,1H3,(H,6,7). The Morgan fingerprint density at radius 2 is 2.50 bits per heavy atom. The van der Waals surface area contributed by atoms with Gasteiger partial charge in [-0.15, -0.1) is 0 Å². The fourth-order valence-electron chi connectivity index (χ4n) is 0.513. The first-order valence-electron chi connectivity index (χ1n) is 2.55. The second-order valence-corrected chi connectivity index (χ2v) is 1.58. The summed E-state index contributed by atoms with van der Waals surface area (Å²) in [7, 11) is 1.22. The van der Waals surface area contributed by atoms with E-state index in [-0.39, 0.29) is 5.69 Å². The first-order valence-corrected chi connectivity index (χ1v) is 2.55. The first kappa shape index (κ1) is 6.60. The predicted molar refractivity (Wildman–Crippen MR) is 30.1 cm³/mol. The second kappa shape index (κ2) is 2.38. The number of nitrogens with zero attached hydrogens (tertiary/aromatic N) is 1. The van der Waals surface area contributed by atoms with Crippen LogP contribution in [0.2, 0.25) is 0 Å². The molecule has 1 heterocycles. The van der Waals surface area contributed by atoms with Gasteiger partial charge in [0, 0.05) is 6.20 Å². The van der Waals surface area contributed by atoms with Crippen molar-refractivity contribution < 1.29 is 14.6 Å². The Bertz CT molecular complexity index is 243. The molecule has 1 rings (SSSR count). The molecule has 0 fully saturated rings. The van der Waals surface area contributed by atoms with Gasteiger partial charge in [-0.05, 0) is 0 Å². The van der Waals surface area contributed by atoms with Crippen molar-refractivity contribution >= 4 is 5.97 Å². The zero-order valence-electron chi connectivity index (χ0n) is 5.25. The lowest BCUT2D eigenvalue weighted by Gasteiger charge is -1.89. The Labute approximate surface area is 56.7 Å². The molecule has 53 valence electrons. The summed E-state index contributed by atoms with van der Waals surface area (Å²) in [4.78, 5) is 16.1. The molecular formula is C5H5N2O3. The molecule has 1 aromatic rings. The van der Waals surface area contributed by atoms with Crippen molar-refractivity contribution in [2.45, 2.75) is 0 Å². The molecule has 0 aromatic carbocycles. The number of hydrogen-bond donors (Lipinski definition) is 1. The number of aromatic nitrogens is 2. The smallest absolute Gasteiger partial charge is 0.358 e. The van der Waals surface area contributed by atoms with E-state index < -0.39 is 12.0 Å². The van der Waals surface area contributed by atoms with Gasteiger partial charge >= 0.3 is 12.0 Å². The van der Waals surface area contributed by atoms with Crippen LogP contribution in [0.25, 0.3) is 0 Å². The van der Waals surface area contributed by atoms with Crippen LogP contribution in [-0.2, 0) is 9.84 Å². The number of carbonyl (C=O) groups excluding carboxylic acids is 1. The molecule has 5 nitrogen and oxygen atoms in total. The molecule has 0 aliphatic rings. The number of methoxy groups -OCH3 is 1. The van der Waals surface area contributed by atoms with Crippen LogP contribution in [-0.4, -0.2) is 23.0 Å². The summed E-state index contributed by atoms with van der Waals surface area (Å²) in [6, 6.07) is -0.541. The van der Waals surface area contributed by atoms with E-state index in [1.165, 1.54) is 13.3 Å². The van der Waals surface area contributed by atoms with Crippen molar-refractivity contribution in [1.82, 2.24) is 9.97 Å². The van der Waals surface area contributed by atoms with Crippen molar-refractivity contribution in [2.75, 3.05) is 7.11 Å². The minimum atomic E-state index is -0.613. The molecule has 0 unspecified atom stereocenters. The summed E-state index contributed by atoms with van der Waals surface area (Å²) in [6.07, 6.45) is 1.20. The normalized spacial score (nSPS) is 9.30. The maximum Gasteiger partial charge on any atom is 0.358 e. The van der Waals surface area contributed by atoms with E-state index >= 15 is 0 Å². The van der Waals surface area contributed by atoms with Gasteiger partial charge < -0.3 is 9.72 Å². The predicted octanol–water partition coefficient (Wildman–Crippen LogP) is 0.340. The van der Waals surface area contributed by atoms with E-state index in [4.69, 9.17) is 0 Å². The van der Waals surface area contributed by atoms with Gasteiger partial charge in [-0.25, -0.2) is 9.90 Å². The monoisotopic (exact) mass is 141 g/mol. The van der Waals surface area contributed by atoms with Gasteiger partial charge in [-0.2, -0.15) is 4.98 Å². The van der Waals surface area contributed by atoms with Crippen molar-refractivity contribution in [3.05, 3.63) is 11.9 Å². The fourth-order valence-corrected chi connectivity index (χ4v) is 0.513. The number of imidazole rings is 1. The number of rotatable bonds is 1. The first-order chi connectivity index (χ1) is 4.74. The topological polar surface area (TPSA) is 74.9 Å². The van der Waals surface area contributed by atoms with Crippen LogP contribution in [0.4, 0.5) is 0 Å². The number of ether oxygens (including phenoxy) is 1. The number of carbonyl (C=O) groups is 1. The van der Waals surface area contributed by atoms with Crippen molar-refractivity contribution in [2.24, 2.45) is 0 Å². The average molecular weight is 141 g/mol. The highest BCUT2D eigenvalue weighted by molar-refractivity contribution is 5.86. The molecule has 1 radical (unpaired) electrons. The van der Waals surface area contributed by atoms with Crippen LogP contribution in [0, 0.1) is 0 Å². The zero-order chi connectivity index (χ0) is 7.56. The van der Waals surface area contributed by atoms with Gasteiger partial charge in [-0.3, -0.25) is 0 Å². The third-order valence-electron chi connectivity index (χ3n) is 0.949. The average Bonchev–Trinajstić information content (AvgIpc) is 2.34. The Kier molecular flexibility index (Phi) is 1.57. The Morgan fingerprint density at radius 1 is 1.80 bits per heavy atom. The molecule has 0 spiro atoms. The minimum Gasteiger partial charge on any atom is -0.464 e. The highest BCUT2D eigenvalue weighted by Crippen LogP contribution is 2.03. The highest BCUT2D eigenvalue weighted by atomic mass is 16.5. The van der Waals surface area contributed by atoms with Gasteiger partial charge in [0.05, 0.1) is 7.11 Å². The maximum absolute atomic E-state index is 10.6. The molecule has 1 N–H and O–H groups in total. The summed E-state index contributed by atoms with van der Waals surface area (Å²) < 4.78 is 4.29. The van der Waals surface area contributed by atoms with Crippen molar-refractivity contribution in [3.8, 4) is 6.01 Å². The van der Waals surface area contributed by atoms with E-state index in [1.807, 2.05) is 0 Å². The van der Waals surface area contributed by atoms with Gasteiger partial charge in [0.15, 0.2) is 5.69 Å². The number of H-pyrrole nitrogens is 1. The number of aromatic amines is 1. The SMILES string of the molecule is COC(=O)c1c[nH]c([O])n1. The maximum atomic E-state index is 10.6. The van der Waals surface area contributed by atoms with Gasteiger partial charge in [0.2, 0.25) is 0 Å². The van der Waals surface area contributed by atoms with Crippen LogP contribution in [0.15, 0.2) is 6.20 Å². The van der Waals surface area contributed by atoms with E-state index in [0.717, 1.165) is 0 Å². The lowest BCUT2D eigenvalue weighted by Crippen LogP contribution is -2.00. The van der Waals surface area contributed by atoms with E-state index in [0.29, 0.717) is 0 Å². The lowest BCUT2D eigenvalue weighted by atomic mass is 10.5. The molecule has 0 amide bonds. The van der Waals surface area contributed by atoms with E-state index in [9.17, 15) is 9.90 Å². The Hall–Kier alpha value is -1.52. The highest BCUT2D eigenvalue weighted by Gasteiger charge is 2.09. The third kappa shape index (κ3) is 1.07. The molecular weight excluding hydrogens is 136 g/mol. The largest absolute Gasteiger partial charge is 0.464 e. The second-order valence-electron chi connectivity index (χ2n) is 1.58. The van der Waals surface area contributed by atoms with E-state index in [1.54, 1.807) is 0 Å². The minimum absolute atomic E-state index is 0.00694. The summed E-state index contributed by atoms with van der Waals surface area (Å²) >= 11 is 0. The van der Waals surface area contributed by atoms with Crippen LogP contribution in [0.5, 0.6) is 6.01 Å². The Balaban J connectivity index is 2.85. The molecule has 1 aromatic heterocycles. The molecule has 0 saturated heterocycles.